The molecule has 1 aliphatic carbocycles. The number of carbonyl (C=O) groups is 2. The van der Waals surface area contributed by atoms with E-state index in [1.54, 1.807) is 12.1 Å². The lowest BCUT2D eigenvalue weighted by molar-refractivity contribution is -0.286. The maximum atomic E-state index is 13.2. The topological polar surface area (TPSA) is 98.8 Å². The molecule has 1 fully saturated rings. The smallest absolute Gasteiger partial charge is 0.496 e. The van der Waals surface area contributed by atoms with Crippen LogP contribution in [0.3, 0.4) is 0 Å². The molecule has 3 aromatic rings. The Morgan fingerprint density at radius 2 is 2.00 bits per heavy atom. The Balaban J connectivity index is 1.29. The van der Waals surface area contributed by atoms with Gasteiger partial charge in [-0.15, -0.1) is 20.1 Å². The van der Waals surface area contributed by atoms with Crippen LogP contribution >= 0.6 is 22.9 Å². The lowest BCUT2D eigenvalue weighted by Gasteiger charge is -2.36. The van der Waals surface area contributed by atoms with Crippen molar-refractivity contribution in [2.24, 2.45) is 5.92 Å². The van der Waals surface area contributed by atoms with Crippen LogP contribution in [0.2, 0.25) is 4.47 Å². The molecular formula is C21H16ClF2N3O5S. The average molecular weight is 496 g/mol. The number of hydrogen-bond acceptors (Lipinski definition) is 7. The number of carbonyl (C=O) groups excluding carboxylic acids is 2. The fourth-order valence-corrected chi connectivity index (χ4v) is 4.97. The van der Waals surface area contributed by atoms with Crippen molar-refractivity contribution >= 4 is 50.7 Å². The van der Waals surface area contributed by atoms with Crippen molar-refractivity contribution < 1.29 is 32.6 Å². The van der Waals surface area contributed by atoms with Gasteiger partial charge < -0.3 is 24.8 Å². The van der Waals surface area contributed by atoms with E-state index in [2.05, 4.69) is 25.1 Å². The van der Waals surface area contributed by atoms with Gasteiger partial charge in [0.05, 0.1) is 23.2 Å². The highest BCUT2D eigenvalue weighted by Gasteiger charge is 2.44. The Kier molecular flexibility index (Phi) is 5.25. The van der Waals surface area contributed by atoms with E-state index in [4.69, 9.17) is 16.3 Å². The van der Waals surface area contributed by atoms with Crippen molar-refractivity contribution in [3.8, 4) is 17.2 Å². The average Bonchev–Trinajstić information content (AvgIpc) is 3.26. The zero-order valence-corrected chi connectivity index (χ0v) is 18.6. The van der Waals surface area contributed by atoms with E-state index < -0.39 is 24.2 Å². The minimum atomic E-state index is -3.74. The van der Waals surface area contributed by atoms with E-state index in [1.165, 1.54) is 36.6 Å². The first-order chi connectivity index (χ1) is 15.7. The number of thiazole rings is 1. The quantitative estimate of drug-likeness (QED) is 0.543. The largest absolute Gasteiger partial charge is 0.586 e. The molecule has 5 rings (SSSR count). The third kappa shape index (κ3) is 4.02. The van der Waals surface area contributed by atoms with Gasteiger partial charge in [-0.25, -0.2) is 4.98 Å². The molecule has 0 unspecified atom stereocenters. The molecule has 1 saturated carbocycles. The number of ether oxygens (including phenoxy) is 3. The maximum Gasteiger partial charge on any atom is 0.586 e. The van der Waals surface area contributed by atoms with Crippen LogP contribution in [0.5, 0.6) is 17.2 Å². The molecular weight excluding hydrogens is 480 g/mol. The van der Waals surface area contributed by atoms with Gasteiger partial charge in [0.1, 0.15) is 11.3 Å². The molecule has 33 heavy (non-hydrogen) atoms. The summed E-state index contributed by atoms with van der Waals surface area (Å²) in [6, 6.07) is 6.94. The monoisotopic (exact) mass is 495 g/mol. The number of halogens is 3. The molecule has 2 amide bonds. The Morgan fingerprint density at radius 3 is 2.73 bits per heavy atom. The SMILES string of the molecule is COc1ccc2nc(Cl)sc2c1C(=O)N[C@@H]1CC[C@@H]1C(=O)Nc1ccc2c(c1)OC(F)(F)O2. The lowest BCUT2D eigenvalue weighted by Crippen LogP contribution is -2.51. The van der Waals surface area contributed by atoms with Crippen molar-refractivity contribution in [3.63, 3.8) is 0 Å². The molecule has 12 heteroatoms. The van der Waals surface area contributed by atoms with Gasteiger partial charge in [0.25, 0.3) is 5.91 Å². The molecule has 172 valence electrons. The highest BCUT2D eigenvalue weighted by molar-refractivity contribution is 7.22. The van der Waals surface area contributed by atoms with Gasteiger partial charge in [-0.05, 0) is 37.1 Å². The van der Waals surface area contributed by atoms with Gasteiger partial charge in [0.15, 0.2) is 16.0 Å². The Labute approximate surface area is 194 Å². The summed E-state index contributed by atoms with van der Waals surface area (Å²) >= 11 is 7.18. The number of amides is 2. The molecule has 0 bridgehead atoms. The zero-order chi connectivity index (χ0) is 23.3. The Hall–Kier alpha value is -3.18. The number of rotatable bonds is 5. The third-order valence-corrected chi connectivity index (χ3v) is 6.73. The molecule has 1 aliphatic heterocycles. The van der Waals surface area contributed by atoms with E-state index in [-0.39, 0.29) is 23.1 Å². The van der Waals surface area contributed by atoms with Crippen LogP contribution in [-0.4, -0.2) is 36.2 Å². The van der Waals surface area contributed by atoms with Crippen molar-refractivity contribution in [1.82, 2.24) is 10.3 Å². The molecule has 2 heterocycles. The predicted octanol–water partition coefficient (Wildman–Crippen LogP) is 4.43. The minimum Gasteiger partial charge on any atom is -0.496 e. The van der Waals surface area contributed by atoms with Crippen molar-refractivity contribution in [2.45, 2.75) is 25.2 Å². The number of alkyl halides is 2. The van der Waals surface area contributed by atoms with Crippen molar-refractivity contribution in [2.75, 3.05) is 12.4 Å². The van der Waals surface area contributed by atoms with Crippen molar-refractivity contribution in [3.05, 3.63) is 40.4 Å². The number of nitrogens with one attached hydrogen (secondary N) is 2. The van der Waals surface area contributed by atoms with Crippen LogP contribution in [0.25, 0.3) is 10.2 Å². The molecule has 2 aromatic carbocycles. The Bertz CT molecular complexity index is 1280. The minimum absolute atomic E-state index is 0.113. The summed E-state index contributed by atoms with van der Waals surface area (Å²) in [5.74, 6) is -1.14. The number of benzene rings is 2. The second kappa shape index (κ2) is 7.99. The van der Waals surface area contributed by atoms with Crippen molar-refractivity contribution in [1.29, 1.82) is 0 Å². The van der Waals surface area contributed by atoms with Crippen LogP contribution in [0.4, 0.5) is 14.5 Å². The first kappa shape index (κ1) is 21.7. The van der Waals surface area contributed by atoms with E-state index in [0.29, 0.717) is 38.8 Å². The first-order valence-electron chi connectivity index (χ1n) is 9.89. The maximum absolute atomic E-state index is 13.2. The summed E-state index contributed by atoms with van der Waals surface area (Å²) in [5, 5.41) is 5.57. The van der Waals surface area contributed by atoms with Gasteiger partial charge in [-0.2, -0.15) is 0 Å². The standard InChI is InChI=1S/C21H16ClF2N3O5S/c1-30-14-7-5-12-17(33-20(22)27-12)16(14)19(29)26-11-4-3-10(11)18(28)25-9-2-6-13-15(8-9)32-21(23,24)31-13/h2,5-8,10-11H,3-4H2,1H3,(H,25,28)(H,26,29)/t10-,11+/m0/s1. The summed E-state index contributed by atoms with van der Waals surface area (Å²) in [6.07, 6.45) is -2.56. The summed E-state index contributed by atoms with van der Waals surface area (Å²) in [5.41, 5.74) is 1.16. The predicted molar refractivity (Wildman–Crippen MR) is 116 cm³/mol. The highest BCUT2D eigenvalue weighted by Crippen LogP contribution is 2.42. The number of hydrogen-bond donors (Lipinski definition) is 2. The van der Waals surface area contributed by atoms with Gasteiger partial charge >= 0.3 is 6.29 Å². The highest BCUT2D eigenvalue weighted by atomic mass is 35.5. The molecule has 2 N–H and O–H groups in total. The van der Waals surface area contributed by atoms with Gasteiger partial charge in [0, 0.05) is 17.8 Å². The van der Waals surface area contributed by atoms with E-state index in [0.717, 1.165) is 0 Å². The molecule has 0 saturated heterocycles. The lowest BCUT2D eigenvalue weighted by atomic mass is 9.78. The van der Waals surface area contributed by atoms with Crippen LogP contribution in [-0.2, 0) is 4.79 Å². The van der Waals surface area contributed by atoms with Gasteiger partial charge in [-0.3, -0.25) is 9.59 Å². The normalized spacial score (nSPS) is 20.2. The molecule has 1 aromatic heterocycles. The summed E-state index contributed by atoms with van der Waals surface area (Å²) in [6.45, 7) is 0. The number of nitrogens with zero attached hydrogens (tertiary/aromatic N) is 1. The number of fused-ring (bicyclic) bond motifs is 2. The molecule has 2 atom stereocenters. The van der Waals surface area contributed by atoms with Gasteiger partial charge in [-0.1, -0.05) is 11.6 Å². The molecule has 8 nitrogen and oxygen atoms in total. The molecule has 2 aliphatic rings. The molecule has 0 radical (unpaired) electrons. The number of methoxy groups -OCH3 is 1. The zero-order valence-electron chi connectivity index (χ0n) is 17.0. The number of aromatic nitrogens is 1. The van der Waals surface area contributed by atoms with Gasteiger partial charge in [0.2, 0.25) is 5.91 Å². The second-order valence-corrected chi connectivity index (χ2v) is 9.12. The summed E-state index contributed by atoms with van der Waals surface area (Å²) in [7, 11) is 1.46. The van der Waals surface area contributed by atoms with Crippen LogP contribution in [0.1, 0.15) is 23.2 Å². The van der Waals surface area contributed by atoms with Crippen LogP contribution in [0, 0.1) is 5.92 Å². The number of anilines is 1. The van der Waals surface area contributed by atoms with E-state index in [1.807, 2.05) is 0 Å². The van der Waals surface area contributed by atoms with E-state index >= 15 is 0 Å². The van der Waals surface area contributed by atoms with Crippen LogP contribution < -0.4 is 24.8 Å². The first-order valence-corrected chi connectivity index (χ1v) is 11.1. The third-order valence-electron chi connectivity index (χ3n) is 5.54. The van der Waals surface area contributed by atoms with Crippen LogP contribution in [0.15, 0.2) is 30.3 Å². The summed E-state index contributed by atoms with van der Waals surface area (Å²) < 4.78 is 41.4. The molecule has 0 spiro atoms. The Morgan fingerprint density at radius 1 is 1.21 bits per heavy atom. The fraction of sp³-hybridized carbons (Fsp3) is 0.286. The fourth-order valence-electron chi connectivity index (χ4n) is 3.82. The second-order valence-electron chi connectivity index (χ2n) is 7.54. The van der Waals surface area contributed by atoms with E-state index in [9.17, 15) is 18.4 Å². The summed E-state index contributed by atoms with van der Waals surface area (Å²) in [4.78, 5) is 30.0.